The summed E-state index contributed by atoms with van der Waals surface area (Å²) >= 11 is 5.91. The number of benzene rings is 2. The van der Waals surface area contributed by atoms with Gasteiger partial charge in [0.2, 0.25) is 17.7 Å². The molecule has 2 saturated heterocycles. The van der Waals surface area contributed by atoms with E-state index < -0.39 is 41.3 Å². The number of nitrogens with one attached hydrogen (secondary N) is 2. The van der Waals surface area contributed by atoms with Crippen molar-refractivity contribution in [2.24, 2.45) is 23.7 Å². The highest BCUT2D eigenvalue weighted by atomic mass is 35.5. The van der Waals surface area contributed by atoms with Crippen LogP contribution in [0.3, 0.4) is 0 Å². The molecule has 6 rings (SSSR count). The Morgan fingerprint density at radius 1 is 1.12 bits per heavy atom. The van der Waals surface area contributed by atoms with Gasteiger partial charge in [0.05, 0.1) is 23.0 Å². The van der Waals surface area contributed by atoms with Gasteiger partial charge in [-0.2, -0.15) is 0 Å². The highest BCUT2D eigenvalue weighted by molar-refractivity contribution is 6.31. The number of anilines is 1. The van der Waals surface area contributed by atoms with Crippen LogP contribution >= 0.6 is 11.6 Å². The average molecular weight is 566 g/mol. The van der Waals surface area contributed by atoms with Crippen LogP contribution in [0.15, 0.2) is 60.7 Å². The van der Waals surface area contributed by atoms with Gasteiger partial charge in [-0.15, -0.1) is 0 Å². The maximum absolute atomic E-state index is 14.1. The van der Waals surface area contributed by atoms with Gasteiger partial charge in [-0.1, -0.05) is 80.8 Å². The van der Waals surface area contributed by atoms with Crippen molar-refractivity contribution < 1.29 is 23.5 Å². The summed E-state index contributed by atoms with van der Waals surface area (Å²) in [6.07, 6.45) is 5.98. The Kier molecular flexibility index (Phi) is 6.95. The van der Waals surface area contributed by atoms with Crippen molar-refractivity contribution in [2.45, 2.75) is 63.4 Å². The minimum Gasteiger partial charge on any atom is -0.359 e. The summed E-state index contributed by atoms with van der Waals surface area (Å²) in [5.74, 6) is -2.51. The number of rotatable bonds is 6. The van der Waals surface area contributed by atoms with Crippen LogP contribution in [0.2, 0.25) is 5.02 Å². The third-order valence-electron chi connectivity index (χ3n) is 9.34. The molecular formula is C31H33ClFN3O4. The molecule has 2 bridgehead atoms. The number of nitrogens with zero attached hydrogens (tertiary/aromatic N) is 1. The van der Waals surface area contributed by atoms with E-state index in [1.807, 2.05) is 30.3 Å². The van der Waals surface area contributed by atoms with Gasteiger partial charge in [-0.05, 0) is 42.0 Å². The predicted molar refractivity (Wildman–Crippen MR) is 149 cm³/mol. The van der Waals surface area contributed by atoms with Gasteiger partial charge in [-0.3, -0.25) is 14.4 Å². The zero-order valence-corrected chi connectivity index (χ0v) is 23.2. The summed E-state index contributed by atoms with van der Waals surface area (Å²) in [4.78, 5) is 43.4. The predicted octanol–water partition coefficient (Wildman–Crippen LogP) is 4.71. The van der Waals surface area contributed by atoms with E-state index in [2.05, 4.69) is 24.5 Å². The van der Waals surface area contributed by atoms with Crippen LogP contribution in [-0.2, 0) is 25.7 Å². The van der Waals surface area contributed by atoms with Crippen LogP contribution in [-0.4, -0.2) is 46.4 Å². The maximum Gasteiger partial charge on any atom is 0.246 e. The van der Waals surface area contributed by atoms with Gasteiger partial charge in [-0.25, -0.2) is 4.39 Å². The van der Waals surface area contributed by atoms with E-state index in [1.165, 1.54) is 18.2 Å². The summed E-state index contributed by atoms with van der Waals surface area (Å²) < 4.78 is 20.1. The normalized spacial score (nSPS) is 34.1. The molecule has 0 aromatic heterocycles. The van der Waals surface area contributed by atoms with Crippen molar-refractivity contribution >= 4 is 35.0 Å². The van der Waals surface area contributed by atoms with Crippen molar-refractivity contribution in [2.75, 3.05) is 5.32 Å². The Morgan fingerprint density at radius 2 is 1.90 bits per heavy atom. The number of amides is 3. The second-order valence-corrected chi connectivity index (χ2v) is 12.1. The molecule has 2 aromatic rings. The molecule has 4 aliphatic rings. The standard InChI is InChI=1S/C31H33ClFN3O4/c1-17-7-6-10-23(18(17)2)35-29(38)27-31-14-13-24(40-31)25(28(37)34-20-11-12-22(33)21(32)15-20)26(31)30(39)36(27)16-19-8-4-3-5-9-19/h3-5,8-9,11-15,17-18,23-27H,6-7,10,16H2,1-2H3,(H,34,37)(H,35,38)/t17-,18+,23+,24+,25+,26+,27+,31+/m1/s1. The van der Waals surface area contributed by atoms with Crippen LogP contribution in [0.25, 0.3) is 0 Å². The number of carbonyl (C=O) groups excluding carboxylic acids is 3. The average Bonchev–Trinajstić information content (AvgIpc) is 3.57. The number of hydrogen-bond donors (Lipinski definition) is 2. The first kappa shape index (κ1) is 27.0. The minimum atomic E-state index is -1.26. The number of ether oxygens (including phenoxy) is 1. The summed E-state index contributed by atoms with van der Waals surface area (Å²) in [6.45, 7) is 4.59. The Hall–Kier alpha value is -3.23. The SMILES string of the molecule is C[C@H]1[C@H](C)CCC[C@@H]1NC(=O)[C@@H]1N(Cc2ccccc2)C(=O)[C@@H]2[C@@H](C(=O)Nc3ccc(F)c(Cl)c3)[C@@H]3C=C[C@]21O3. The zero-order chi connectivity index (χ0) is 28.2. The van der Waals surface area contributed by atoms with E-state index in [-0.39, 0.29) is 29.4 Å². The van der Waals surface area contributed by atoms with Gasteiger partial charge >= 0.3 is 0 Å². The Labute approximate surface area is 238 Å². The van der Waals surface area contributed by atoms with Crippen molar-refractivity contribution in [1.82, 2.24) is 10.2 Å². The number of carbonyl (C=O) groups is 3. The molecule has 40 heavy (non-hydrogen) atoms. The molecule has 2 N–H and O–H groups in total. The molecule has 7 nitrogen and oxygen atoms in total. The van der Waals surface area contributed by atoms with E-state index in [1.54, 1.807) is 17.1 Å². The van der Waals surface area contributed by atoms with Gasteiger partial charge in [0.1, 0.15) is 17.5 Å². The van der Waals surface area contributed by atoms with Gasteiger partial charge < -0.3 is 20.3 Å². The van der Waals surface area contributed by atoms with Crippen LogP contribution in [0.4, 0.5) is 10.1 Å². The largest absolute Gasteiger partial charge is 0.359 e. The first-order chi connectivity index (χ1) is 19.2. The molecule has 1 spiro atoms. The van der Waals surface area contributed by atoms with Gasteiger partial charge in [0.25, 0.3) is 0 Å². The first-order valence-electron chi connectivity index (χ1n) is 14.0. The third kappa shape index (κ3) is 4.41. The summed E-state index contributed by atoms with van der Waals surface area (Å²) in [5, 5.41) is 5.92. The maximum atomic E-state index is 14.1. The van der Waals surface area contributed by atoms with Crippen molar-refractivity contribution in [3.63, 3.8) is 0 Å². The van der Waals surface area contributed by atoms with Crippen LogP contribution in [0, 0.1) is 29.5 Å². The summed E-state index contributed by atoms with van der Waals surface area (Å²) in [7, 11) is 0. The molecule has 8 atom stereocenters. The van der Waals surface area contributed by atoms with E-state index in [0.29, 0.717) is 17.5 Å². The molecule has 3 aliphatic heterocycles. The van der Waals surface area contributed by atoms with Crippen molar-refractivity contribution in [3.8, 4) is 0 Å². The fraction of sp³-hybridized carbons (Fsp3) is 0.452. The fourth-order valence-electron chi connectivity index (χ4n) is 7.06. The Bertz CT molecular complexity index is 1370. The lowest BCUT2D eigenvalue weighted by Crippen LogP contribution is -2.57. The lowest BCUT2D eigenvalue weighted by molar-refractivity contribution is -0.142. The molecule has 3 heterocycles. The van der Waals surface area contributed by atoms with Gasteiger partial charge in [0, 0.05) is 18.3 Å². The smallest absolute Gasteiger partial charge is 0.246 e. The van der Waals surface area contributed by atoms with Crippen LogP contribution in [0.5, 0.6) is 0 Å². The van der Waals surface area contributed by atoms with E-state index in [0.717, 1.165) is 24.8 Å². The number of likely N-dealkylation sites (tertiary alicyclic amines) is 1. The quantitative estimate of drug-likeness (QED) is 0.497. The number of fused-ring (bicyclic) bond motifs is 1. The van der Waals surface area contributed by atoms with E-state index >= 15 is 0 Å². The molecule has 0 unspecified atom stereocenters. The van der Waals surface area contributed by atoms with Crippen molar-refractivity contribution in [3.05, 3.63) is 77.1 Å². The third-order valence-corrected chi connectivity index (χ3v) is 9.63. The first-order valence-corrected chi connectivity index (χ1v) is 14.4. The number of hydrogen-bond acceptors (Lipinski definition) is 4. The monoisotopic (exact) mass is 565 g/mol. The summed E-state index contributed by atoms with van der Waals surface area (Å²) in [6, 6.07) is 12.5. The second kappa shape index (κ2) is 10.3. The lowest BCUT2D eigenvalue weighted by Gasteiger charge is -2.38. The highest BCUT2D eigenvalue weighted by Gasteiger charge is 2.72. The van der Waals surface area contributed by atoms with Crippen molar-refractivity contribution in [1.29, 1.82) is 0 Å². The molecule has 1 saturated carbocycles. The molecule has 210 valence electrons. The van der Waals surface area contributed by atoms with Gasteiger partial charge in [0.15, 0.2) is 0 Å². The Balaban J connectivity index is 1.32. The van der Waals surface area contributed by atoms with Crippen LogP contribution < -0.4 is 10.6 Å². The van der Waals surface area contributed by atoms with E-state index in [9.17, 15) is 18.8 Å². The fourth-order valence-corrected chi connectivity index (χ4v) is 7.25. The number of halogens is 2. The molecule has 2 aromatic carbocycles. The second-order valence-electron chi connectivity index (χ2n) is 11.7. The molecule has 3 amide bonds. The molecule has 1 aliphatic carbocycles. The molecular weight excluding hydrogens is 533 g/mol. The lowest BCUT2D eigenvalue weighted by atomic mass is 9.73. The highest BCUT2D eigenvalue weighted by Crippen LogP contribution is 2.55. The Morgan fingerprint density at radius 3 is 2.65 bits per heavy atom. The molecule has 3 fully saturated rings. The molecule has 9 heteroatoms. The minimum absolute atomic E-state index is 0.00489. The summed E-state index contributed by atoms with van der Waals surface area (Å²) in [5.41, 5.74) is -0.0595. The zero-order valence-electron chi connectivity index (χ0n) is 22.5. The van der Waals surface area contributed by atoms with Crippen LogP contribution in [0.1, 0.15) is 38.7 Å². The van der Waals surface area contributed by atoms with E-state index in [4.69, 9.17) is 16.3 Å². The molecule has 0 radical (unpaired) electrons. The topological polar surface area (TPSA) is 87.7 Å².